The summed E-state index contributed by atoms with van der Waals surface area (Å²) in [6.07, 6.45) is 0. The van der Waals surface area contributed by atoms with Crippen LogP contribution in [0.1, 0.15) is 59.7 Å². The fourth-order valence-corrected chi connectivity index (χ4v) is 13.9. The minimum absolute atomic E-state index is 0.0389. The van der Waals surface area contributed by atoms with Crippen molar-refractivity contribution in [3.05, 3.63) is 302 Å². The SMILES string of the molecule is CC(C)C(C)(C)c1cc2cc(C(C)(C)C)ccc2n1-c1cc2c3c(c1)N(c1c(-c4ccccc4)cccc1-c1ccccc1)c1ccc(-c4ccccc4)cc1B3c1cc(-c3ccccc3)ccc1N2c1c(-c2ccccc2)cccc1-c1ccccc1. The van der Waals surface area contributed by atoms with Crippen LogP contribution in [0.25, 0.3) is 83.4 Å². The highest BCUT2D eigenvalue weighted by Crippen LogP contribution is 2.54. The molecule has 88 heavy (non-hydrogen) atoms. The van der Waals surface area contributed by atoms with Gasteiger partial charge in [-0.1, -0.05) is 297 Å². The highest BCUT2D eigenvalue weighted by molar-refractivity contribution is 7.00. The largest absolute Gasteiger partial charge is 0.313 e. The zero-order valence-corrected chi connectivity index (χ0v) is 51.2. The molecule has 424 valence electrons. The van der Waals surface area contributed by atoms with E-state index in [9.17, 15) is 0 Å². The Hall–Kier alpha value is -10.2. The molecule has 1 aromatic heterocycles. The van der Waals surface area contributed by atoms with Crippen LogP contribution in [0.5, 0.6) is 0 Å². The number of para-hydroxylation sites is 2. The molecule has 0 fully saturated rings. The van der Waals surface area contributed by atoms with Gasteiger partial charge in [0.15, 0.2) is 0 Å². The van der Waals surface area contributed by atoms with Crippen molar-refractivity contribution in [1.29, 1.82) is 0 Å². The van der Waals surface area contributed by atoms with Crippen LogP contribution < -0.4 is 26.2 Å². The van der Waals surface area contributed by atoms with Crippen molar-refractivity contribution in [2.75, 3.05) is 9.80 Å². The number of anilines is 6. The van der Waals surface area contributed by atoms with Crippen LogP contribution in [0.2, 0.25) is 0 Å². The first-order valence-corrected chi connectivity index (χ1v) is 31.2. The van der Waals surface area contributed by atoms with E-state index in [4.69, 9.17) is 0 Å². The zero-order chi connectivity index (χ0) is 59.8. The average molecular weight is 1130 g/mol. The van der Waals surface area contributed by atoms with Crippen LogP contribution in [0.15, 0.2) is 291 Å². The van der Waals surface area contributed by atoms with Gasteiger partial charge in [-0.2, -0.15) is 0 Å². The molecule has 12 aromatic carbocycles. The first-order valence-electron chi connectivity index (χ1n) is 31.2. The summed E-state index contributed by atoms with van der Waals surface area (Å²) < 4.78 is 2.63. The standard InChI is InChI=1S/C84H70BN3/c1-56(2)84(6,7)79-53-65-50-66(83(3,4)5)46-49-74(65)86(79)67-54-77-80-78(55-67)88(82-70(61-36-22-12-23-37-61)42-27-43-71(82)62-38-24-13-25-39-62)76-48-45-64(58-30-16-9-17-31-58)52-73(76)85(80)72-51-63(57-28-14-8-15-29-57)44-47-75(72)87(77)81-68(59-32-18-10-19-33-59)40-26-41-69(81)60-34-20-11-21-35-60/h8-56H,1-7H3. The molecule has 0 amide bonds. The number of fused-ring (bicyclic) bond motifs is 5. The number of hydrogen-bond donors (Lipinski definition) is 0. The Morgan fingerprint density at radius 1 is 0.330 bits per heavy atom. The van der Waals surface area contributed by atoms with E-state index < -0.39 is 0 Å². The average Bonchev–Trinajstić information content (AvgIpc) is 0.781. The van der Waals surface area contributed by atoms with Gasteiger partial charge in [-0.15, -0.1) is 0 Å². The zero-order valence-electron chi connectivity index (χ0n) is 51.2. The maximum atomic E-state index is 2.68. The predicted molar refractivity (Wildman–Crippen MR) is 376 cm³/mol. The van der Waals surface area contributed by atoms with E-state index >= 15 is 0 Å². The molecule has 15 rings (SSSR count). The van der Waals surface area contributed by atoms with E-state index in [1.54, 1.807) is 0 Å². The molecular formula is C84H70BN3. The Balaban J connectivity index is 1.16. The van der Waals surface area contributed by atoms with Crippen molar-refractivity contribution in [3.63, 3.8) is 0 Å². The summed E-state index contributed by atoms with van der Waals surface area (Å²) in [6, 6.07) is 109. The van der Waals surface area contributed by atoms with Gasteiger partial charge >= 0.3 is 0 Å². The molecule has 0 radical (unpaired) electrons. The van der Waals surface area contributed by atoms with Crippen LogP contribution in [0, 0.1) is 5.92 Å². The van der Waals surface area contributed by atoms with Gasteiger partial charge in [-0.3, -0.25) is 0 Å². The van der Waals surface area contributed by atoms with E-state index in [0.29, 0.717) is 5.92 Å². The number of aromatic nitrogens is 1. The molecule has 4 heteroatoms. The Morgan fingerprint density at radius 2 is 0.705 bits per heavy atom. The molecule has 2 aliphatic heterocycles. The smallest absolute Gasteiger partial charge is 0.252 e. The van der Waals surface area contributed by atoms with Crippen LogP contribution in [-0.4, -0.2) is 11.3 Å². The molecule has 0 bridgehead atoms. The van der Waals surface area contributed by atoms with Gasteiger partial charge in [0.05, 0.1) is 16.9 Å². The molecular weight excluding hydrogens is 1060 g/mol. The lowest BCUT2D eigenvalue weighted by atomic mass is 9.33. The Morgan fingerprint density at radius 3 is 1.07 bits per heavy atom. The molecule has 0 atom stereocenters. The van der Waals surface area contributed by atoms with Gasteiger partial charge in [0.2, 0.25) is 0 Å². The van der Waals surface area contributed by atoms with Crippen molar-refractivity contribution in [1.82, 2.24) is 4.57 Å². The van der Waals surface area contributed by atoms with E-state index in [2.05, 4.69) is 354 Å². The van der Waals surface area contributed by atoms with Crippen molar-refractivity contribution in [2.24, 2.45) is 5.92 Å². The topological polar surface area (TPSA) is 11.4 Å². The highest BCUT2D eigenvalue weighted by atomic mass is 15.2. The second-order valence-corrected chi connectivity index (χ2v) is 25.9. The lowest BCUT2D eigenvalue weighted by Crippen LogP contribution is -2.61. The molecule has 0 aliphatic carbocycles. The van der Waals surface area contributed by atoms with Gasteiger partial charge in [-0.25, -0.2) is 0 Å². The second-order valence-electron chi connectivity index (χ2n) is 25.9. The van der Waals surface area contributed by atoms with Crippen LogP contribution in [-0.2, 0) is 10.8 Å². The second kappa shape index (κ2) is 21.7. The lowest BCUT2D eigenvalue weighted by Gasteiger charge is -2.46. The van der Waals surface area contributed by atoms with Gasteiger partial charge in [-0.05, 0) is 120 Å². The molecule has 0 saturated heterocycles. The molecule has 3 nitrogen and oxygen atoms in total. The van der Waals surface area contributed by atoms with Gasteiger partial charge in [0, 0.05) is 67.2 Å². The fraction of sp³-hybridized carbons (Fsp3) is 0.119. The first kappa shape index (κ1) is 54.5. The summed E-state index contributed by atoms with van der Waals surface area (Å²) >= 11 is 0. The minimum atomic E-state index is -0.238. The predicted octanol–water partition coefficient (Wildman–Crippen LogP) is 20.9. The van der Waals surface area contributed by atoms with E-state index in [0.717, 1.165) is 84.3 Å². The van der Waals surface area contributed by atoms with Gasteiger partial charge in [0.25, 0.3) is 6.71 Å². The molecule has 0 spiro atoms. The molecule has 13 aromatic rings. The Labute approximate surface area is 519 Å². The fourth-order valence-electron chi connectivity index (χ4n) is 13.9. The third-order valence-electron chi connectivity index (χ3n) is 19.2. The minimum Gasteiger partial charge on any atom is -0.313 e. The summed E-state index contributed by atoms with van der Waals surface area (Å²) in [5.74, 6) is 0.319. The van der Waals surface area contributed by atoms with Crippen LogP contribution in [0.3, 0.4) is 0 Å². The lowest BCUT2D eigenvalue weighted by molar-refractivity contribution is 0.359. The first-order chi connectivity index (χ1) is 42.9. The van der Waals surface area contributed by atoms with Crippen molar-refractivity contribution < 1.29 is 0 Å². The number of nitrogens with zero attached hydrogens (tertiary/aromatic N) is 3. The molecule has 0 unspecified atom stereocenters. The number of hydrogen-bond acceptors (Lipinski definition) is 2. The quantitative estimate of drug-likeness (QED) is 0.120. The molecule has 0 saturated carbocycles. The van der Waals surface area contributed by atoms with Crippen LogP contribution in [0.4, 0.5) is 34.1 Å². The summed E-state index contributed by atoms with van der Waals surface area (Å²) in [6.45, 7) is 16.4. The maximum absolute atomic E-state index is 2.68. The van der Waals surface area contributed by atoms with E-state index in [1.165, 1.54) is 60.8 Å². The van der Waals surface area contributed by atoms with Gasteiger partial charge < -0.3 is 14.4 Å². The van der Waals surface area contributed by atoms with E-state index in [-0.39, 0.29) is 17.5 Å². The third kappa shape index (κ3) is 9.20. The molecule has 0 N–H and O–H groups in total. The normalized spacial score (nSPS) is 12.8. The molecule has 3 heterocycles. The Bertz CT molecular complexity index is 4390. The summed E-state index contributed by atoms with van der Waals surface area (Å²) in [4.78, 5) is 5.35. The number of benzene rings is 12. The summed E-state index contributed by atoms with van der Waals surface area (Å²) in [7, 11) is 0. The Kier molecular flexibility index (Phi) is 13.4. The number of rotatable bonds is 11. The molecule has 2 aliphatic rings. The van der Waals surface area contributed by atoms with Gasteiger partial charge in [0.1, 0.15) is 0 Å². The monoisotopic (exact) mass is 1130 g/mol. The van der Waals surface area contributed by atoms with E-state index in [1.807, 2.05) is 0 Å². The highest BCUT2D eigenvalue weighted by Gasteiger charge is 2.46. The third-order valence-corrected chi connectivity index (χ3v) is 19.2. The van der Waals surface area contributed by atoms with Crippen molar-refractivity contribution >= 4 is 68.1 Å². The van der Waals surface area contributed by atoms with Crippen molar-refractivity contribution in [2.45, 2.75) is 59.3 Å². The van der Waals surface area contributed by atoms with Crippen LogP contribution >= 0.6 is 0 Å². The summed E-state index contributed by atoms with van der Waals surface area (Å²) in [5.41, 5.74) is 29.2. The maximum Gasteiger partial charge on any atom is 0.252 e. The van der Waals surface area contributed by atoms with Crippen molar-refractivity contribution in [3.8, 4) is 72.4 Å². The summed E-state index contributed by atoms with van der Waals surface area (Å²) in [5, 5.41) is 1.24.